The van der Waals surface area contributed by atoms with E-state index in [1.165, 1.54) is 17.7 Å². The Balaban J connectivity index is 2.23. The molecule has 2 nitrogen and oxygen atoms in total. The first-order valence-corrected chi connectivity index (χ1v) is 6.71. The van der Waals surface area contributed by atoms with E-state index in [0.717, 1.165) is 26.1 Å². The van der Waals surface area contributed by atoms with Crippen LogP contribution in [0.2, 0.25) is 0 Å². The number of aryl methyl sites for hydroxylation is 1. The SMILES string of the molecule is CCc1ccc(N2CCNCCC2(C)C)cc1. The van der Waals surface area contributed by atoms with E-state index >= 15 is 0 Å². The maximum atomic E-state index is 3.48. The van der Waals surface area contributed by atoms with Gasteiger partial charge in [-0.05, 0) is 50.9 Å². The quantitative estimate of drug-likeness (QED) is 0.843. The molecule has 0 atom stereocenters. The summed E-state index contributed by atoms with van der Waals surface area (Å²) in [6.07, 6.45) is 2.31. The number of anilines is 1. The molecule has 2 heteroatoms. The number of hydrogen-bond donors (Lipinski definition) is 1. The zero-order valence-electron chi connectivity index (χ0n) is 11.3. The molecule has 1 heterocycles. The van der Waals surface area contributed by atoms with Gasteiger partial charge < -0.3 is 10.2 Å². The Labute approximate surface area is 105 Å². The Morgan fingerprint density at radius 1 is 1.18 bits per heavy atom. The molecule has 1 N–H and O–H groups in total. The van der Waals surface area contributed by atoms with Gasteiger partial charge in [0.05, 0.1) is 0 Å². The van der Waals surface area contributed by atoms with Crippen LogP contribution in [-0.4, -0.2) is 25.2 Å². The minimum Gasteiger partial charge on any atom is -0.365 e. The van der Waals surface area contributed by atoms with Gasteiger partial charge in [-0.1, -0.05) is 19.1 Å². The highest BCUT2D eigenvalue weighted by molar-refractivity contribution is 5.50. The van der Waals surface area contributed by atoms with E-state index in [4.69, 9.17) is 0 Å². The van der Waals surface area contributed by atoms with Gasteiger partial charge in [0.25, 0.3) is 0 Å². The average molecular weight is 232 g/mol. The highest BCUT2D eigenvalue weighted by atomic mass is 15.2. The molecule has 0 aromatic heterocycles. The van der Waals surface area contributed by atoms with Crippen LogP contribution < -0.4 is 10.2 Å². The number of hydrogen-bond acceptors (Lipinski definition) is 2. The Morgan fingerprint density at radius 2 is 1.88 bits per heavy atom. The van der Waals surface area contributed by atoms with Crippen LogP contribution >= 0.6 is 0 Å². The first-order valence-electron chi connectivity index (χ1n) is 6.71. The highest BCUT2D eigenvalue weighted by Gasteiger charge is 2.28. The van der Waals surface area contributed by atoms with Crippen molar-refractivity contribution in [1.82, 2.24) is 5.32 Å². The van der Waals surface area contributed by atoms with Crippen molar-refractivity contribution in [2.75, 3.05) is 24.5 Å². The van der Waals surface area contributed by atoms with Gasteiger partial charge in [0.15, 0.2) is 0 Å². The second-order valence-corrected chi connectivity index (χ2v) is 5.48. The molecule has 0 unspecified atom stereocenters. The lowest BCUT2D eigenvalue weighted by atomic mass is 9.97. The van der Waals surface area contributed by atoms with Gasteiger partial charge in [-0.15, -0.1) is 0 Å². The standard InChI is InChI=1S/C15H24N2/c1-4-13-5-7-14(8-6-13)17-12-11-16-10-9-15(17,2)3/h5-8,16H,4,9-12H2,1-3H3. The van der Waals surface area contributed by atoms with Crippen molar-refractivity contribution >= 4 is 5.69 Å². The molecular formula is C15H24N2. The predicted molar refractivity (Wildman–Crippen MR) is 74.7 cm³/mol. The average Bonchev–Trinajstić information content (AvgIpc) is 2.50. The monoisotopic (exact) mass is 232 g/mol. The van der Waals surface area contributed by atoms with Crippen molar-refractivity contribution in [2.24, 2.45) is 0 Å². The summed E-state index contributed by atoms with van der Waals surface area (Å²) in [6.45, 7) is 10.2. The first kappa shape index (κ1) is 12.4. The van der Waals surface area contributed by atoms with Crippen LogP contribution in [0.15, 0.2) is 24.3 Å². The molecule has 0 bridgehead atoms. The number of benzene rings is 1. The number of nitrogens with one attached hydrogen (secondary N) is 1. The van der Waals surface area contributed by atoms with Gasteiger partial charge in [-0.3, -0.25) is 0 Å². The molecule has 94 valence electrons. The fourth-order valence-electron chi connectivity index (χ4n) is 2.54. The second kappa shape index (κ2) is 5.09. The van der Waals surface area contributed by atoms with E-state index in [0.29, 0.717) is 0 Å². The van der Waals surface area contributed by atoms with Crippen molar-refractivity contribution in [3.63, 3.8) is 0 Å². The van der Waals surface area contributed by atoms with Crippen LogP contribution in [0.25, 0.3) is 0 Å². The van der Waals surface area contributed by atoms with Gasteiger partial charge in [0, 0.05) is 24.3 Å². The zero-order chi connectivity index (χ0) is 12.3. The molecule has 1 aliphatic rings. The second-order valence-electron chi connectivity index (χ2n) is 5.48. The lowest BCUT2D eigenvalue weighted by Gasteiger charge is -2.39. The van der Waals surface area contributed by atoms with E-state index in [-0.39, 0.29) is 5.54 Å². The first-order chi connectivity index (χ1) is 8.13. The topological polar surface area (TPSA) is 15.3 Å². The van der Waals surface area contributed by atoms with E-state index in [2.05, 4.69) is 55.3 Å². The summed E-state index contributed by atoms with van der Waals surface area (Å²) in [5, 5.41) is 3.48. The van der Waals surface area contributed by atoms with Crippen LogP contribution in [0.4, 0.5) is 5.69 Å². The molecule has 0 aliphatic carbocycles. The summed E-state index contributed by atoms with van der Waals surface area (Å²) in [5.74, 6) is 0. The molecule has 2 rings (SSSR count). The van der Waals surface area contributed by atoms with E-state index in [9.17, 15) is 0 Å². The van der Waals surface area contributed by atoms with Gasteiger partial charge in [-0.2, -0.15) is 0 Å². The van der Waals surface area contributed by atoms with Crippen molar-refractivity contribution in [2.45, 2.75) is 39.2 Å². The Hall–Kier alpha value is -1.02. The van der Waals surface area contributed by atoms with Crippen LogP contribution in [0.1, 0.15) is 32.8 Å². The molecule has 1 fully saturated rings. The number of nitrogens with zero attached hydrogens (tertiary/aromatic N) is 1. The largest absolute Gasteiger partial charge is 0.365 e. The van der Waals surface area contributed by atoms with Gasteiger partial charge in [-0.25, -0.2) is 0 Å². The Kier molecular flexibility index (Phi) is 3.72. The van der Waals surface area contributed by atoms with Crippen LogP contribution in [-0.2, 0) is 6.42 Å². The molecule has 1 aliphatic heterocycles. The zero-order valence-corrected chi connectivity index (χ0v) is 11.3. The Morgan fingerprint density at radius 3 is 2.53 bits per heavy atom. The minimum absolute atomic E-state index is 0.247. The van der Waals surface area contributed by atoms with Crippen molar-refractivity contribution in [3.8, 4) is 0 Å². The van der Waals surface area contributed by atoms with Crippen molar-refractivity contribution < 1.29 is 0 Å². The van der Waals surface area contributed by atoms with Crippen LogP contribution in [0.5, 0.6) is 0 Å². The summed E-state index contributed by atoms with van der Waals surface area (Å²) < 4.78 is 0. The van der Waals surface area contributed by atoms with Crippen molar-refractivity contribution in [3.05, 3.63) is 29.8 Å². The van der Waals surface area contributed by atoms with Crippen LogP contribution in [0.3, 0.4) is 0 Å². The number of rotatable bonds is 2. The maximum Gasteiger partial charge on any atom is 0.0371 e. The fraction of sp³-hybridized carbons (Fsp3) is 0.600. The summed E-state index contributed by atoms with van der Waals surface area (Å²) in [6, 6.07) is 9.05. The summed E-state index contributed by atoms with van der Waals surface area (Å²) in [4.78, 5) is 2.53. The summed E-state index contributed by atoms with van der Waals surface area (Å²) in [5.41, 5.74) is 3.02. The predicted octanol–water partition coefficient (Wildman–Crippen LogP) is 2.83. The molecule has 0 radical (unpaired) electrons. The lowest BCUT2D eigenvalue weighted by Crippen LogP contribution is -2.44. The molecule has 0 amide bonds. The minimum atomic E-state index is 0.247. The van der Waals surface area contributed by atoms with E-state index in [1.54, 1.807) is 0 Å². The highest BCUT2D eigenvalue weighted by Crippen LogP contribution is 2.27. The normalized spacial score (nSPS) is 20.1. The third-order valence-electron chi connectivity index (χ3n) is 3.81. The third kappa shape index (κ3) is 2.81. The van der Waals surface area contributed by atoms with Gasteiger partial charge >= 0.3 is 0 Å². The molecule has 1 aromatic carbocycles. The molecule has 1 saturated heterocycles. The lowest BCUT2D eigenvalue weighted by molar-refractivity contribution is 0.454. The molecule has 0 spiro atoms. The summed E-state index contributed by atoms with van der Waals surface area (Å²) >= 11 is 0. The van der Waals surface area contributed by atoms with Gasteiger partial charge in [0.1, 0.15) is 0 Å². The molecule has 1 aromatic rings. The van der Waals surface area contributed by atoms with E-state index < -0.39 is 0 Å². The van der Waals surface area contributed by atoms with Crippen LogP contribution in [0, 0.1) is 0 Å². The fourth-order valence-corrected chi connectivity index (χ4v) is 2.54. The third-order valence-corrected chi connectivity index (χ3v) is 3.81. The summed E-state index contributed by atoms with van der Waals surface area (Å²) in [7, 11) is 0. The van der Waals surface area contributed by atoms with Gasteiger partial charge in [0.2, 0.25) is 0 Å². The smallest absolute Gasteiger partial charge is 0.0371 e. The Bertz CT molecular complexity index is 354. The maximum absolute atomic E-state index is 3.48. The van der Waals surface area contributed by atoms with Crippen molar-refractivity contribution in [1.29, 1.82) is 0 Å². The van der Waals surface area contributed by atoms with E-state index in [1.807, 2.05) is 0 Å². The molecule has 17 heavy (non-hydrogen) atoms. The molecule has 0 saturated carbocycles. The molecular weight excluding hydrogens is 208 g/mol.